The molecule has 78 valence electrons. The van der Waals surface area contributed by atoms with Crippen LogP contribution in [0.15, 0.2) is 23.8 Å². The van der Waals surface area contributed by atoms with Gasteiger partial charge in [0.2, 0.25) is 0 Å². The molecule has 0 aromatic rings. The highest BCUT2D eigenvalue weighted by Gasteiger charge is 2.47. The molecular weight excluding hydrogens is 168 g/mol. The Morgan fingerprint density at radius 1 is 1.43 bits per heavy atom. The van der Waals surface area contributed by atoms with Gasteiger partial charge in [-0.15, -0.1) is 0 Å². The van der Waals surface area contributed by atoms with Crippen molar-refractivity contribution in [2.45, 2.75) is 46.5 Å². The smallest absolute Gasteiger partial charge is 0.0136 e. The van der Waals surface area contributed by atoms with Gasteiger partial charge in [-0.05, 0) is 49.9 Å². The van der Waals surface area contributed by atoms with Crippen molar-refractivity contribution in [3.8, 4) is 0 Å². The molecule has 2 aliphatic carbocycles. The van der Waals surface area contributed by atoms with Crippen molar-refractivity contribution < 1.29 is 0 Å². The Kier molecular flexibility index (Phi) is 2.33. The van der Waals surface area contributed by atoms with Crippen LogP contribution in [0.4, 0.5) is 0 Å². The lowest BCUT2D eigenvalue weighted by Crippen LogP contribution is -2.44. The summed E-state index contributed by atoms with van der Waals surface area (Å²) in [7, 11) is 0. The van der Waals surface area contributed by atoms with Crippen molar-refractivity contribution in [3.05, 3.63) is 23.8 Å². The van der Waals surface area contributed by atoms with E-state index in [-0.39, 0.29) is 0 Å². The first kappa shape index (κ1) is 10.0. The molecule has 0 aromatic carbocycles. The highest BCUT2D eigenvalue weighted by Crippen LogP contribution is 2.56. The van der Waals surface area contributed by atoms with Gasteiger partial charge in [-0.1, -0.05) is 37.6 Å². The lowest BCUT2D eigenvalue weighted by Gasteiger charge is -2.53. The molecule has 0 heteroatoms. The summed E-state index contributed by atoms with van der Waals surface area (Å²) >= 11 is 0. The third-order valence-corrected chi connectivity index (χ3v) is 4.32. The minimum absolute atomic E-state index is 0.575. The Balaban J connectivity index is 2.15. The van der Waals surface area contributed by atoms with E-state index in [0.29, 0.717) is 5.41 Å². The van der Waals surface area contributed by atoms with Gasteiger partial charge in [0.05, 0.1) is 0 Å². The van der Waals surface area contributed by atoms with E-state index in [1.165, 1.54) is 24.8 Å². The second-order valence-electron chi connectivity index (χ2n) is 5.86. The molecule has 0 aliphatic heterocycles. The molecule has 0 amide bonds. The molecule has 2 rings (SSSR count). The summed E-state index contributed by atoms with van der Waals surface area (Å²) < 4.78 is 0. The van der Waals surface area contributed by atoms with E-state index in [4.69, 9.17) is 0 Å². The topological polar surface area (TPSA) is 0 Å². The lowest BCUT2D eigenvalue weighted by molar-refractivity contribution is 0.00311. The van der Waals surface area contributed by atoms with Gasteiger partial charge in [-0.3, -0.25) is 0 Å². The van der Waals surface area contributed by atoms with Crippen LogP contribution in [0.5, 0.6) is 0 Å². The fourth-order valence-electron chi connectivity index (χ4n) is 3.21. The Bertz CT molecular complexity index is 280. The SMILES string of the molecule is C=C1C/C=C(/C)CC[C@@H]2[C@@H]1CC2(C)C. The number of fused-ring (bicyclic) bond motifs is 1. The van der Waals surface area contributed by atoms with Gasteiger partial charge in [-0.25, -0.2) is 0 Å². The van der Waals surface area contributed by atoms with Crippen LogP contribution in [0, 0.1) is 17.3 Å². The minimum Gasteiger partial charge on any atom is -0.0993 e. The number of allylic oxidation sites excluding steroid dienone is 3. The highest BCUT2D eigenvalue weighted by molar-refractivity contribution is 5.19. The van der Waals surface area contributed by atoms with Gasteiger partial charge in [0.1, 0.15) is 0 Å². The minimum atomic E-state index is 0.575. The molecule has 2 atom stereocenters. The molecule has 0 radical (unpaired) electrons. The van der Waals surface area contributed by atoms with Crippen LogP contribution in [0.3, 0.4) is 0 Å². The summed E-state index contributed by atoms with van der Waals surface area (Å²) in [5, 5.41) is 0. The monoisotopic (exact) mass is 190 g/mol. The first-order chi connectivity index (χ1) is 6.50. The van der Waals surface area contributed by atoms with E-state index >= 15 is 0 Å². The van der Waals surface area contributed by atoms with Gasteiger partial charge >= 0.3 is 0 Å². The summed E-state index contributed by atoms with van der Waals surface area (Å²) in [6, 6.07) is 0. The van der Waals surface area contributed by atoms with Crippen molar-refractivity contribution in [3.63, 3.8) is 0 Å². The third kappa shape index (κ3) is 1.55. The Labute approximate surface area is 88.1 Å². The van der Waals surface area contributed by atoms with Crippen molar-refractivity contribution in [1.82, 2.24) is 0 Å². The zero-order chi connectivity index (χ0) is 10.3. The summed E-state index contributed by atoms with van der Waals surface area (Å²) in [5.41, 5.74) is 3.62. The molecule has 2 aliphatic rings. The number of rotatable bonds is 0. The molecular formula is C14H22. The second-order valence-corrected chi connectivity index (χ2v) is 5.86. The maximum Gasteiger partial charge on any atom is -0.0136 e. The second kappa shape index (κ2) is 3.25. The predicted octanol–water partition coefficient (Wildman–Crippen LogP) is 4.34. The molecule has 0 nitrogen and oxygen atoms in total. The zero-order valence-corrected chi connectivity index (χ0v) is 9.77. The quantitative estimate of drug-likeness (QED) is 0.499. The maximum atomic E-state index is 4.25. The number of hydrogen-bond acceptors (Lipinski definition) is 0. The first-order valence-corrected chi connectivity index (χ1v) is 5.84. The third-order valence-electron chi connectivity index (χ3n) is 4.32. The van der Waals surface area contributed by atoms with Crippen molar-refractivity contribution >= 4 is 0 Å². The van der Waals surface area contributed by atoms with E-state index in [9.17, 15) is 0 Å². The molecule has 0 heterocycles. The van der Waals surface area contributed by atoms with Crippen LogP contribution < -0.4 is 0 Å². The largest absolute Gasteiger partial charge is 0.0993 e. The summed E-state index contributed by atoms with van der Waals surface area (Å²) in [6.07, 6.45) is 7.55. The van der Waals surface area contributed by atoms with Gasteiger partial charge in [0.25, 0.3) is 0 Å². The molecule has 0 spiro atoms. The summed E-state index contributed by atoms with van der Waals surface area (Å²) in [4.78, 5) is 0. The molecule has 0 aromatic heterocycles. The van der Waals surface area contributed by atoms with Crippen LogP contribution in [-0.2, 0) is 0 Å². The Hall–Kier alpha value is -0.520. The Morgan fingerprint density at radius 3 is 2.79 bits per heavy atom. The van der Waals surface area contributed by atoms with E-state index in [2.05, 4.69) is 33.4 Å². The first-order valence-electron chi connectivity index (χ1n) is 5.84. The molecule has 0 unspecified atom stereocenters. The molecule has 1 saturated carbocycles. The van der Waals surface area contributed by atoms with Gasteiger partial charge in [0.15, 0.2) is 0 Å². The average molecular weight is 190 g/mol. The van der Waals surface area contributed by atoms with Crippen LogP contribution in [0.2, 0.25) is 0 Å². The standard InChI is InChI=1S/C14H22/c1-10-5-7-11(2)12-9-14(3,4)13(12)8-6-10/h5,12-13H,2,6-9H2,1,3-4H3/b10-5-/t12-,13-/m1/s1. The molecule has 1 fully saturated rings. The lowest BCUT2D eigenvalue weighted by atomic mass is 9.51. The van der Waals surface area contributed by atoms with Crippen molar-refractivity contribution in [1.29, 1.82) is 0 Å². The average Bonchev–Trinajstić information content (AvgIpc) is 2.09. The van der Waals surface area contributed by atoms with E-state index in [0.717, 1.165) is 18.3 Å². The predicted molar refractivity (Wildman–Crippen MR) is 62.1 cm³/mol. The summed E-state index contributed by atoms with van der Waals surface area (Å²) in [6.45, 7) is 11.4. The Morgan fingerprint density at radius 2 is 2.14 bits per heavy atom. The van der Waals surface area contributed by atoms with Gasteiger partial charge in [0, 0.05) is 0 Å². The van der Waals surface area contributed by atoms with Crippen molar-refractivity contribution in [2.75, 3.05) is 0 Å². The fourth-order valence-corrected chi connectivity index (χ4v) is 3.21. The van der Waals surface area contributed by atoms with Crippen molar-refractivity contribution in [2.24, 2.45) is 17.3 Å². The van der Waals surface area contributed by atoms with E-state index in [1.54, 1.807) is 5.57 Å². The normalized spacial score (nSPS) is 39.9. The van der Waals surface area contributed by atoms with Gasteiger partial charge in [-0.2, -0.15) is 0 Å². The maximum absolute atomic E-state index is 4.25. The van der Waals surface area contributed by atoms with E-state index in [1.807, 2.05) is 0 Å². The molecule has 0 bridgehead atoms. The van der Waals surface area contributed by atoms with Crippen LogP contribution in [-0.4, -0.2) is 0 Å². The molecule has 14 heavy (non-hydrogen) atoms. The highest BCUT2D eigenvalue weighted by atomic mass is 14.5. The van der Waals surface area contributed by atoms with E-state index < -0.39 is 0 Å². The van der Waals surface area contributed by atoms with Crippen LogP contribution in [0.1, 0.15) is 46.5 Å². The van der Waals surface area contributed by atoms with Gasteiger partial charge < -0.3 is 0 Å². The van der Waals surface area contributed by atoms with Crippen LogP contribution in [0.25, 0.3) is 0 Å². The zero-order valence-electron chi connectivity index (χ0n) is 9.77. The van der Waals surface area contributed by atoms with Crippen LogP contribution >= 0.6 is 0 Å². The molecule has 0 N–H and O–H groups in total. The summed E-state index contributed by atoms with van der Waals surface area (Å²) in [5.74, 6) is 1.73. The number of hydrogen-bond donors (Lipinski definition) is 0. The fraction of sp³-hybridized carbons (Fsp3) is 0.714. The molecule has 0 saturated heterocycles.